The zero-order valence-corrected chi connectivity index (χ0v) is 13.5. The van der Waals surface area contributed by atoms with Crippen molar-refractivity contribution in [2.45, 2.75) is 26.3 Å². The molecular formula is C15H23N3O2S. The lowest BCUT2D eigenvalue weighted by Crippen LogP contribution is -2.45. The van der Waals surface area contributed by atoms with Crippen molar-refractivity contribution in [2.75, 3.05) is 33.4 Å². The third kappa shape index (κ3) is 2.84. The molecule has 0 aromatic carbocycles. The Labute approximate surface area is 129 Å². The Hall–Kier alpha value is -0.980. The largest absolute Gasteiger partial charge is 0.384 e. The van der Waals surface area contributed by atoms with Gasteiger partial charge in [-0.1, -0.05) is 0 Å². The Morgan fingerprint density at radius 3 is 2.90 bits per heavy atom. The Bertz CT molecular complexity index is 509. The van der Waals surface area contributed by atoms with Gasteiger partial charge in [0.05, 0.1) is 23.7 Å². The van der Waals surface area contributed by atoms with Crippen LogP contribution < -0.4 is 5.32 Å². The number of ether oxygens (including phenoxy) is 1. The molecule has 6 heteroatoms. The number of methoxy groups -OCH3 is 1. The van der Waals surface area contributed by atoms with Crippen molar-refractivity contribution in [3.05, 3.63) is 16.1 Å². The van der Waals surface area contributed by atoms with Crippen LogP contribution in [0.5, 0.6) is 0 Å². The van der Waals surface area contributed by atoms with E-state index >= 15 is 0 Å². The molecule has 2 aliphatic rings. The molecule has 0 saturated carbocycles. The van der Waals surface area contributed by atoms with E-state index in [-0.39, 0.29) is 17.2 Å². The van der Waals surface area contributed by atoms with Crippen LogP contribution in [-0.4, -0.2) is 49.1 Å². The second kappa shape index (κ2) is 6.02. The van der Waals surface area contributed by atoms with Crippen LogP contribution in [0.4, 0.5) is 0 Å². The molecule has 1 atom stereocenters. The van der Waals surface area contributed by atoms with Crippen LogP contribution >= 0.6 is 11.3 Å². The molecule has 1 N–H and O–H groups in total. The number of aromatic nitrogens is 1. The predicted molar refractivity (Wildman–Crippen MR) is 82.2 cm³/mol. The van der Waals surface area contributed by atoms with Crippen LogP contribution in [0, 0.1) is 18.3 Å². The third-order valence-electron chi connectivity index (χ3n) is 5.07. The summed E-state index contributed by atoms with van der Waals surface area (Å²) in [5.74, 6) is 0.193. The van der Waals surface area contributed by atoms with Crippen molar-refractivity contribution in [2.24, 2.45) is 11.3 Å². The number of nitrogens with zero attached hydrogens (tertiary/aromatic N) is 2. The molecule has 21 heavy (non-hydrogen) atoms. The molecule has 1 aromatic rings. The van der Waals surface area contributed by atoms with Crippen molar-refractivity contribution >= 4 is 17.2 Å². The highest BCUT2D eigenvalue weighted by Crippen LogP contribution is 2.42. The summed E-state index contributed by atoms with van der Waals surface area (Å²) in [5, 5.41) is 3.04. The number of nitrogens with one attached hydrogen (secondary N) is 1. The molecule has 2 saturated heterocycles. The molecule has 0 aliphatic carbocycles. The van der Waals surface area contributed by atoms with Crippen LogP contribution in [0.1, 0.15) is 23.4 Å². The van der Waals surface area contributed by atoms with Crippen molar-refractivity contribution in [1.29, 1.82) is 0 Å². The highest BCUT2D eigenvalue weighted by molar-refractivity contribution is 7.09. The van der Waals surface area contributed by atoms with E-state index in [1.165, 1.54) is 4.88 Å². The number of aryl methyl sites for hydroxylation is 1. The van der Waals surface area contributed by atoms with Gasteiger partial charge in [0.2, 0.25) is 5.91 Å². The smallest absolute Gasteiger partial charge is 0.226 e. The van der Waals surface area contributed by atoms with Crippen molar-refractivity contribution in [3.63, 3.8) is 0 Å². The van der Waals surface area contributed by atoms with Crippen LogP contribution in [0.2, 0.25) is 0 Å². The van der Waals surface area contributed by atoms with Crippen molar-refractivity contribution < 1.29 is 9.53 Å². The maximum Gasteiger partial charge on any atom is 0.226 e. The van der Waals surface area contributed by atoms with Gasteiger partial charge in [0.1, 0.15) is 0 Å². The SMILES string of the molecule is COCC1C(=O)NCC12CCN(Cc1scnc1C)CC2. The summed E-state index contributed by atoms with van der Waals surface area (Å²) in [6, 6.07) is 0. The summed E-state index contributed by atoms with van der Waals surface area (Å²) >= 11 is 1.74. The molecule has 0 bridgehead atoms. The maximum atomic E-state index is 12.0. The highest BCUT2D eigenvalue weighted by atomic mass is 32.1. The van der Waals surface area contributed by atoms with E-state index in [4.69, 9.17) is 4.74 Å². The van der Waals surface area contributed by atoms with Gasteiger partial charge in [0.15, 0.2) is 0 Å². The van der Waals surface area contributed by atoms with Gasteiger partial charge in [-0.15, -0.1) is 11.3 Å². The first kappa shape index (κ1) is 14.9. The van der Waals surface area contributed by atoms with Gasteiger partial charge in [-0.2, -0.15) is 0 Å². The van der Waals surface area contributed by atoms with Gasteiger partial charge in [-0.05, 0) is 32.9 Å². The van der Waals surface area contributed by atoms with E-state index in [1.807, 2.05) is 5.51 Å². The number of thiazole rings is 1. The van der Waals surface area contributed by atoms with Gasteiger partial charge in [-0.25, -0.2) is 4.98 Å². The van der Waals surface area contributed by atoms with Crippen LogP contribution in [0.3, 0.4) is 0 Å². The number of carbonyl (C=O) groups is 1. The summed E-state index contributed by atoms with van der Waals surface area (Å²) < 4.78 is 5.27. The minimum Gasteiger partial charge on any atom is -0.384 e. The molecule has 1 spiro atoms. The van der Waals surface area contributed by atoms with E-state index in [2.05, 4.69) is 22.1 Å². The topological polar surface area (TPSA) is 54.5 Å². The molecule has 0 radical (unpaired) electrons. The van der Waals surface area contributed by atoms with Gasteiger partial charge < -0.3 is 10.1 Å². The van der Waals surface area contributed by atoms with Crippen molar-refractivity contribution in [1.82, 2.24) is 15.2 Å². The number of hydrogen-bond donors (Lipinski definition) is 1. The molecule has 2 aliphatic heterocycles. The fourth-order valence-corrected chi connectivity index (χ4v) is 4.39. The number of amides is 1. The quantitative estimate of drug-likeness (QED) is 0.914. The standard InChI is InChI=1S/C15H23N3O2S/c1-11-13(21-10-17-11)7-18-5-3-15(4-6-18)9-16-14(19)12(15)8-20-2/h10,12H,3-9H2,1-2H3,(H,16,19). The van der Waals surface area contributed by atoms with Crippen LogP contribution in [0.25, 0.3) is 0 Å². The van der Waals surface area contributed by atoms with Crippen molar-refractivity contribution in [3.8, 4) is 0 Å². The Kier molecular flexibility index (Phi) is 4.28. The molecule has 2 fully saturated rings. The fourth-order valence-electron chi connectivity index (χ4n) is 3.57. The van der Waals surface area contributed by atoms with Crippen LogP contribution in [-0.2, 0) is 16.1 Å². The molecular weight excluding hydrogens is 286 g/mol. The number of likely N-dealkylation sites (tertiary alicyclic amines) is 1. The highest BCUT2D eigenvalue weighted by Gasteiger charge is 2.49. The number of carbonyl (C=O) groups excluding carboxylic acids is 1. The van der Waals surface area contributed by atoms with E-state index < -0.39 is 0 Å². The normalized spacial score (nSPS) is 25.4. The van der Waals surface area contributed by atoms with Gasteiger partial charge in [0, 0.05) is 30.5 Å². The predicted octanol–water partition coefficient (Wildman–Crippen LogP) is 1.43. The zero-order chi connectivity index (χ0) is 14.9. The number of hydrogen-bond acceptors (Lipinski definition) is 5. The fraction of sp³-hybridized carbons (Fsp3) is 0.733. The van der Waals surface area contributed by atoms with E-state index in [1.54, 1.807) is 18.4 Å². The van der Waals surface area contributed by atoms with Crippen LogP contribution in [0.15, 0.2) is 5.51 Å². The molecule has 3 heterocycles. The Morgan fingerprint density at radius 2 is 2.29 bits per heavy atom. The van der Waals surface area contributed by atoms with Gasteiger partial charge in [0.25, 0.3) is 0 Å². The monoisotopic (exact) mass is 309 g/mol. The average molecular weight is 309 g/mol. The second-order valence-corrected chi connectivity index (χ2v) is 7.16. The maximum absolute atomic E-state index is 12.0. The molecule has 1 amide bonds. The lowest BCUT2D eigenvalue weighted by atomic mass is 9.71. The summed E-state index contributed by atoms with van der Waals surface area (Å²) in [6.45, 7) is 6.51. The molecule has 1 unspecified atom stereocenters. The van der Waals surface area contributed by atoms with Gasteiger partial charge in [-0.3, -0.25) is 9.69 Å². The first-order valence-electron chi connectivity index (χ1n) is 7.52. The first-order chi connectivity index (χ1) is 10.1. The first-order valence-corrected chi connectivity index (χ1v) is 8.40. The Morgan fingerprint density at radius 1 is 1.52 bits per heavy atom. The molecule has 1 aromatic heterocycles. The third-order valence-corrected chi connectivity index (χ3v) is 5.99. The van der Waals surface area contributed by atoms with E-state index in [0.29, 0.717) is 6.61 Å². The summed E-state index contributed by atoms with van der Waals surface area (Å²) in [4.78, 5) is 20.2. The Balaban J connectivity index is 1.62. The summed E-state index contributed by atoms with van der Waals surface area (Å²) in [6.07, 6.45) is 2.13. The lowest BCUT2D eigenvalue weighted by molar-refractivity contribution is -0.126. The zero-order valence-electron chi connectivity index (χ0n) is 12.7. The molecule has 116 valence electrons. The molecule has 5 nitrogen and oxygen atoms in total. The summed E-state index contributed by atoms with van der Waals surface area (Å²) in [7, 11) is 1.68. The lowest BCUT2D eigenvalue weighted by Gasteiger charge is -2.41. The van der Waals surface area contributed by atoms with E-state index in [0.717, 1.165) is 44.7 Å². The number of rotatable bonds is 4. The summed E-state index contributed by atoms with van der Waals surface area (Å²) in [5.41, 5.74) is 3.17. The number of piperidine rings is 1. The second-order valence-electron chi connectivity index (χ2n) is 6.23. The minimum absolute atomic E-state index is 0.0230. The van der Waals surface area contributed by atoms with E-state index in [9.17, 15) is 4.79 Å². The minimum atomic E-state index is 0.0230. The molecule has 3 rings (SSSR count). The average Bonchev–Trinajstić information content (AvgIpc) is 3.01. The van der Waals surface area contributed by atoms with Gasteiger partial charge >= 0.3 is 0 Å².